The fraction of sp³-hybridized carbons (Fsp3) is 0.316. The monoisotopic (exact) mass is 390 g/mol. The van der Waals surface area contributed by atoms with Crippen molar-refractivity contribution in [3.05, 3.63) is 53.6 Å². The molecule has 144 valence electrons. The predicted molar refractivity (Wildman–Crippen MR) is 100 cm³/mol. The highest BCUT2D eigenvalue weighted by Crippen LogP contribution is 2.32. The van der Waals surface area contributed by atoms with E-state index in [4.69, 9.17) is 9.47 Å². The van der Waals surface area contributed by atoms with Crippen molar-refractivity contribution >= 4 is 15.9 Å². The molecule has 7 nitrogen and oxygen atoms in total. The minimum Gasteiger partial charge on any atom is -0.454 e. The van der Waals surface area contributed by atoms with Crippen LogP contribution in [0.4, 0.5) is 0 Å². The van der Waals surface area contributed by atoms with Crippen LogP contribution < -0.4 is 19.5 Å². The van der Waals surface area contributed by atoms with E-state index in [1.807, 2.05) is 13.0 Å². The molecule has 0 aromatic heterocycles. The van der Waals surface area contributed by atoms with Crippen molar-refractivity contribution in [2.24, 2.45) is 0 Å². The summed E-state index contributed by atoms with van der Waals surface area (Å²) in [5.74, 6) is 0.969. The minimum absolute atomic E-state index is 0.0681. The van der Waals surface area contributed by atoms with Crippen LogP contribution in [0.25, 0.3) is 0 Å². The molecule has 2 aromatic rings. The van der Waals surface area contributed by atoms with Crippen LogP contribution in [0.1, 0.15) is 36.2 Å². The number of rotatable bonds is 7. The molecule has 0 spiro atoms. The van der Waals surface area contributed by atoms with Gasteiger partial charge in [-0.05, 0) is 49.2 Å². The van der Waals surface area contributed by atoms with Crippen LogP contribution in [0.15, 0.2) is 47.4 Å². The van der Waals surface area contributed by atoms with Gasteiger partial charge in [-0.25, -0.2) is 13.1 Å². The maximum atomic E-state index is 12.4. The highest BCUT2D eigenvalue weighted by atomic mass is 32.2. The summed E-state index contributed by atoms with van der Waals surface area (Å²) in [6.07, 6.45) is 0.676. The van der Waals surface area contributed by atoms with Gasteiger partial charge in [-0.1, -0.05) is 19.1 Å². The maximum absolute atomic E-state index is 12.4. The number of carbonyl (C=O) groups is 1. The van der Waals surface area contributed by atoms with Crippen LogP contribution in [0.2, 0.25) is 0 Å². The molecule has 27 heavy (non-hydrogen) atoms. The van der Waals surface area contributed by atoms with Gasteiger partial charge in [0.2, 0.25) is 16.8 Å². The van der Waals surface area contributed by atoms with Gasteiger partial charge >= 0.3 is 0 Å². The molecule has 8 heteroatoms. The molecule has 1 amide bonds. The fourth-order valence-electron chi connectivity index (χ4n) is 2.56. The fourth-order valence-corrected chi connectivity index (χ4v) is 3.93. The first-order valence-corrected chi connectivity index (χ1v) is 10.2. The molecule has 0 saturated carbocycles. The van der Waals surface area contributed by atoms with Gasteiger partial charge in [0.1, 0.15) is 0 Å². The summed E-state index contributed by atoms with van der Waals surface area (Å²) >= 11 is 0. The number of sulfonamides is 1. The zero-order chi connectivity index (χ0) is 19.4. The standard InChI is InChI=1S/C19H22N2O5S/c1-3-13(2)21-27(23,24)16-6-4-5-15(10-16)19(22)20-11-14-7-8-17-18(9-14)26-12-25-17/h4-10,13,21H,3,11-12H2,1-2H3,(H,20,22). The van der Waals surface area contributed by atoms with Crippen LogP contribution in [0.3, 0.4) is 0 Å². The minimum atomic E-state index is -3.66. The Morgan fingerprint density at radius 1 is 1.15 bits per heavy atom. The molecule has 2 N–H and O–H groups in total. The van der Waals surface area contributed by atoms with Crippen molar-refractivity contribution in [3.63, 3.8) is 0 Å². The van der Waals surface area contributed by atoms with Crippen molar-refractivity contribution < 1.29 is 22.7 Å². The van der Waals surface area contributed by atoms with E-state index >= 15 is 0 Å². The maximum Gasteiger partial charge on any atom is 0.251 e. The molecule has 0 bridgehead atoms. The molecule has 0 radical (unpaired) electrons. The molecule has 1 heterocycles. The van der Waals surface area contributed by atoms with E-state index in [-0.39, 0.29) is 35.7 Å². The lowest BCUT2D eigenvalue weighted by atomic mass is 10.2. The Morgan fingerprint density at radius 2 is 1.93 bits per heavy atom. The summed E-state index contributed by atoms with van der Waals surface area (Å²) in [5.41, 5.74) is 1.14. The molecule has 0 saturated heterocycles. The van der Waals surface area contributed by atoms with Crippen molar-refractivity contribution in [2.75, 3.05) is 6.79 Å². The molecule has 0 aliphatic carbocycles. The van der Waals surface area contributed by atoms with E-state index in [9.17, 15) is 13.2 Å². The molecule has 2 aromatic carbocycles. The van der Waals surface area contributed by atoms with Gasteiger partial charge in [0, 0.05) is 18.2 Å². The van der Waals surface area contributed by atoms with Gasteiger partial charge in [0.05, 0.1) is 4.90 Å². The van der Waals surface area contributed by atoms with Crippen LogP contribution in [0, 0.1) is 0 Å². The van der Waals surface area contributed by atoms with Crippen LogP contribution in [0.5, 0.6) is 11.5 Å². The molecular weight excluding hydrogens is 368 g/mol. The lowest BCUT2D eigenvalue weighted by Gasteiger charge is -2.13. The van der Waals surface area contributed by atoms with E-state index in [2.05, 4.69) is 10.0 Å². The Kier molecular flexibility index (Phi) is 5.67. The second-order valence-corrected chi connectivity index (χ2v) is 8.04. The Morgan fingerprint density at radius 3 is 2.70 bits per heavy atom. The Labute approximate surface area is 158 Å². The topological polar surface area (TPSA) is 93.7 Å². The number of nitrogens with one attached hydrogen (secondary N) is 2. The highest BCUT2D eigenvalue weighted by Gasteiger charge is 2.18. The summed E-state index contributed by atoms with van der Waals surface area (Å²) in [5, 5.41) is 2.79. The lowest BCUT2D eigenvalue weighted by molar-refractivity contribution is 0.0950. The summed E-state index contributed by atoms with van der Waals surface area (Å²) in [6, 6.07) is 11.2. The third kappa shape index (κ3) is 4.58. The molecule has 0 fully saturated rings. The van der Waals surface area contributed by atoms with Gasteiger partial charge < -0.3 is 14.8 Å². The average molecular weight is 390 g/mol. The molecule has 1 unspecified atom stereocenters. The quantitative estimate of drug-likeness (QED) is 0.757. The number of benzene rings is 2. The first-order valence-electron chi connectivity index (χ1n) is 8.68. The number of hydrogen-bond donors (Lipinski definition) is 2. The smallest absolute Gasteiger partial charge is 0.251 e. The number of ether oxygens (including phenoxy) is 2. The van der Waals surface area contributed by atoms with Crippen LogP contribution >= 0.6 is 0 Å². The third-order valence-electron chi connectivity index (χ3n) is 4.27. The first kappa shape index (κ1) is 19.2. The predicted octanol–water partition coefficient (Wildman–Crippen LogP) is 2.42. The normalized spacial score (nSPS) is 14.0. The summed E-state index contributed by atoms with van der Waals surface area (Å²) < 4.78 is 37.9. The first-order chi connectivity index (χ1) is 12.9. The number of carbonyl (C=O) groups excluding carboxylic acids is 1. The van der Waals surface area contributed by atoms with Crippen molar-refractivity contribution in [1.29, 1.82) is 0 Å². The summed E-state index contributed by atoms with van der Waals surface area (Å²) in [4.78, 5) is 12.5. The molecule has 3 rings (SSSR count). The number of fused-ring (bicyclic) bond motifs is 1. The molecule has 1 aliphatic rings. The molecule has 1 atom stereocenters. The van der Waals surface area contributed by atoms with Crippen LogP contribution in [-0.2, 0) is 16.6 Å². The highest BCUT2D eigenvalue weighted by molar-refractivity contribution is 7.89. The van der Waals surface area contributed by atoms with Gasteiger partial charge in [0.25, 0.3) is 5.91 Å². The number of amides is 1. The zero-order valence-corrected chi connectivity index (χ0v) is 16.0. The second kappa shape index (κ2) is 7.98. The summed E-state index contributed by atoms with van der Waals surface area (Å²) in [6.45, 7) is 4.17. The average Bonchev–Trinajstić information content (AvgIpc) is 3.13. The van der Waals surface area contributed by atoms with Crippen LogP contribution in [-0.4, -0.2) is 27.2 Å². The molecular formula is C19H22N2O5S. The number of hydrogen-bond acceptors (Lipinski definition) is 5. The van der Waals surface area contributed by atoms with Crippen molar-refractivity contribution in [2.45, 2.75) is 37.8 Å². The summed E-state index contributed by atoms with van der Waals surface area (Å²) in [7, 11) is -3.66. The SMILES string of the molecule is CCC(C)NS(=O)(=O)c1cccc(C(=O)NCc2ccc3c(c2)OCO3)c1. The van der Waals surface area contributed by atoms with Crippen molar-refractivity contribution in [3.8, 4) is 11.5 Å². The third-order valence-corrected chi connectivity index (χ3v) is 5.85. The van der Waals surface area contributed by atoms with E-state index in [0.717, 1.165) is 5.56 Å². The van der Waals surface area contributed by atoms with Crippen molar-refractivity contribution in [1.82, 2.24) is 10.0 Å². The van der Waals surface area contributed by atoms with Gasteiger partial charge in [-0.2, -0.15) is 0 Å². The largest absolute Gasteiger partial charge is 0.454 e. The van der Waals surface area contributed by atoms with E-state index < -0.39 is 10.0 Å². The van der Waals surface area contributed by atoms with E-state index in [1.165, 1.54) is 12.1 Å². The zero-order valence-electron chi connectivity index (χ0n) is 15.2. The Hall–Kier alpha value is -2.58. The Balaban J connectivity index is 1.68. The molecule has 1 aliphatic heterocycles. The van der Waals surface area contributed by atoms with Gasteiger partial charge in [0.15, 0.2) is 11.5 Å². The van der Waals surface area contributed by atoms with E-state index in [1.54, 1.807) is 31.2 Å². The van der Waals surface area contributed by atoms with Gasteiger partial charge in [-0.15, -0.1) is 0 Å². The second-order valence-electron chi connectivity index (χ2n) is 6.33. The Bertz CT molecular complexity index is 943. The van der Waals surface area contributed by atoms with E-state index in [0.29, 0.717) is 17.9 Å². The lowest BCUT2D eigenvalue weighted by Crippen LogP contribution is -2.32. The van der Waals surface area contributed by atoms with Gasteiger partial charge in [-0.3, -0.25) is 4.79 Å².